The van der Waals surface area contributed by atoms with Crippen LogP contribution in [0.15, 0.2) is 0 Å². The number of carbonyl (C=O) groups excluding carboxylic acids is 4. The molecule has 4 fully saturated rings. The highest BCUT2D eigenvalue weighted by Crippen LogP contribution is 2.67. The standard InChI is InChI=1S/C25H36O7/c1-13(26)31-16-10-11-24(3)15(12-16)6-7-17-18-8-9-19(23(29)30-5)25(18,4)22(32-14(2)27)21(28)20(17)24/h15-20,22H,6-12H2,1-5H3. The second-order valence-electron chi connectivity index (χ2n) is 10.9. The van der Waals surface area contributed by atoms with Crippen LogP contribution in [0.4, 0.5) is 0 Å². The lowest BCUT2D eigenvalue weighted by molar-refractivity contribution is -0.200. The normalized spacial score (nSPS) is 45.2. The smallest absolute Gasteiger partial charge is 0.309 e. The van der Waals surface area contributed by atoms with Crippen LogP contribution in [-0.2, 0) is 33.4 Å². The van der Waals surface area contributed by atoms with Crippen molar-refractivity contribution in [2.75, 3.05) is 7.11 Å². The molecule has 0 spiro atoms. The summed E-state index contributed by atoms with van der Waals surface area (Å²) in [5.41, 5.74) is -0.963. The minimum Gasteiger partial charge on any atom is -0.469 e. The highest BCUT2D eigenvalue weighted by atomic mass is 16.6. The molecule has 32 heavy (non-hydrogen) atoms. The summed E-state index contributed by atoms with van der Waals surface area (Å²) < 4.78 is 16.3. The molecule has 9 atom stereocenters. The van der Waals surface area contributed by atoms with Gasteiger partial charge in [0.05, 0.1) is 13.0 Å². The molecule has 0 aromatic carbocycles. The van der Waals surface area contributed by atoms with Gasteiger partial charge in [-0.25, -0.2) is 0 Å². The van der Waals surface area contributed by atoms with E-state index >= 15 is 0 Å². The first-order valence-electron chi connectivity index (χ1n) is 12.0. The van der Waals surface area contributed by atoms with E-state index < -0.39 is 23.4 Å². The van der Waals surface area contributed by atoms with Crippen LogP contribution >= 0.6 is 0 Å². The van der Waals surface area contributed by atoms with Gasteiger partial charge in [0.2, 0.25) is 0 Å². The maximum absolute atomic E-state index is 14.1. The summed E-state index contributed by atoms with van der Waals surface area (Å²) in [5, 5.41) is 0. The first kappa shape index (κ1) is 23.2. The number of carbonyl (C=O) groups is 4. The van der Waals surface area contributed by atoms with Gasteiger partial charge in [0, 0.05) is 25.2 Å². The van der Waals surface area contributed by atoms with E-state index in [4.69, 9.17) is 14.2 Å². The quantitative estimate of drug-likeness (QED) is 0.482. The molecule has 0 aromatic rings. The Morgan fingerprint density at radius 2 is 1.62 bits per heavy atom. The van der Waals surface area contributed by atoms with Crippen molar-refractivity contribution < 1.29 is 33.4 Å². The van der Waals surface area contributed by atoms with Crippen LogP contribution in [0.3, 0.4) is 0 Å². The van der Waals surface area contributed by atoms with Crippen LogP contribution in [0, 0.1) is 40.4 Å². The summed E-state index contributed by atoms with van der Waals surface area (Å²) in [5.74, 6) is -1.18. The Bertz CT molecular complexity index is 821. The minimum atomic E-state index is -0.931. The van der Waals surface area contributed by atoms with Gasteiger partial charge in [0.1, 0.15) is 6.10 Å². The Balaban J connectivity index is 1.70. The molecule has 0 N–H and O–H groups in total. The summed E-state index contributed by atoms with van der Waals surface area (Å²) in [4.78, 5) is 50.3. The van der Waals surface area contributed by atoms with Gasteiger partial charge in [0.25, 0.3) is 0 Å². The van der Waals surface area contributed by atoms with Gasteiger partial charge in [-0.1, -0.05) is 13.8 Å². The van der Waals surface area contributed by atoms with Crippen LogP contribution in [0.5, 0.6) is 0 Å². The minimum absolute atomic E-state index is 0.0297. The molecule has 0 aliphatic heterocycles. The molecule has 0 radical (unpaired) electrons. The zero-order valence-electron chi connectivity index (χ0n) is 19.8. The van der Waals surface area contributed by atoms with E-state index in [1.54, 1.807) is 0 Å². The van der Waals surface area contributed by atoms with E-state index in [2.05, 4.69) is 6.92 Å². The number of Topliss-reactive ketones (excluding diaryl/α,β-unsaturated/α-hetero) is 1. The monoisotopic (exact) mass is 448 g/mol. The Morgan fingerprint density at radius 1 is 0.938 bits per heavy atom. The van der Waals surface area contributed by atoms with Crippen molar-refractivity contribution in [1.82, 2.24) is 0 Å². The van der Waals surface area contributed by atoms with Gasteiger partial charge in [-0.2, -0.15) is 0 Å². The van der Waals surface area contributed by atoms with Gasteiger partial charge in [-0.15, -0.1) is 0 Å². The van der Waals surface area contributed by atoms with E-state index in [0.29, 0.717) is 6.42 Å². The summed E-state index contributed by atoms with van der Waals surface area (Å²) in [7, 11) is 1.38. The molecule has 4 rings (SSSR count). The van der Waals surface area contributed by atoms with Crippen molar-refractivity contribution in [2.45, 2.75) is 84.8 Å². The molecule has 0 heterocycles. The average molecular weight is 449 g/mol. The summed E-state index contributed by atoms with van der Waals surface area (Å²) >= 11 is 0. The largest absolute Gasteiger partial charge is 0.469 e. The summed E-state index contributed by atoms with van der Waals surface area (Å²) in [6, 6.07) is 0. The van der Waals surface area contributed by atoms with Crippen LogP contribution in [0.1, 0.15) is 72.6 Å². The van der Waals surface area contributed by atoms with Crippen molar-refractivity contribution in [3.8, 4) is 0 Å². The topological polar surface area (TPSA) is 96.0 Å². The zero-order valence-corrected chi connectivity index (χ0v) is 19.8. The van der Waals surface area contributed by atoms with Crippen LogP contribution in [0.2, 0.25) is 0 Å². The number of ether oxygens (including phenoxy) is 3. The lowest BCUT2D eigenvalue weighted by Gasteiger charge is -2.61. The van der Waals surface area contributed by atoms with Crippen molar-refractivity contribution in [3.05, 3.63) is 0 Å². The number of hydrogen-bond donors (Lipinski definition) is 0. The molecule has 178 valence electrons. The third-order valence-corrected chi connectivity index (χ3v) is 9.54. The lowest BCUT2D eigenvalue weighted by atomic mass is 9.43. The highest BCUT2D eigenvalue weighted by molar-refractivity contribution is 5.91. The molecule has 0 amide bonds. The van der Waals surface area contributed by atoms with Gasteiger partial charge in [-0.3, -0.25) is 19.2 Å². The summed E-state index contributed by atoms with van der Waals surface area (Å²) in [6.07, 6.45) is 4.67. The molecule has 0 saturated heterocycles. The molecule has 4 aliphatic carbocycles. The number of methoxy groups -OCH3 is 1. The van der Waals surface area contributed by atoms with Gasteiger partial charge in [-0.05, 0) is 68.1 Å². The Hall–Kier alpha value is -1.92. The average Bonchev–Trinajstić information content (AvgIpc) is 3.07. The molecular formula is C25H36O7. The third kappa shape index (κ3) is 3.38. The molecule has 9 unspecified atom stereocenters. The van der Waals surface area contributed by atoms with Crippen molar-refractivity contribution in [1.29, 1.82) is 0 Å². The summed E-state index contributed by atoms with van der Waals surface area (Å²) in [6.45, 7) is 6.93. The van der Waals surface area contributed by atoms with Crippen molar-refractivity contribution in [2.24, 2.45) is 40.4 Å². The van der Waals surface area contributed by atoms with Crippen LogP contribution < -0.4 is 0 Å². The second kappa shape index (κ2) is 8.14. The van der Waals surface area contributed by atoms with Crippen LogP contribution in [-0.4, -0.2) is 43.0 Å². The Labute approximate surface area is 189 Å². The van der Waals surface area contributed by atoms with Gasteiger partial charge in [0.15, 0.2) is 11.9 Å². The second-order valence-corrected chi connectivity index (χ2v) is 10.9. The van der Waals surface area contributed by atoms with Gasteiger partial charge < -0.3 is 14.2 Å². The first-order chi connectivity index (χ1) is 15.0. The SMILES string of the molecule is COC(=O)C1CCC2C3CCC4CC(OC(C)=O)CCC4(C)C3C(=O)C(OC(C)=O)C12C. The van der Waals surface area contributed by atoms with Crippen molar-refractivity contribution in [3.63, 3.8) is 0 Å². The molecule has 4 aliphatic rings. The number of esters is 3. The molecule has 0 aromatic heterocycles. The fourth-order valence-corrected chi connectivity index (χ4v) is 8.21. The van der Waals surface area contributed by atoms with Gasteiger partial charge >= 0.3 is 17.9 Å². The third-order valence-electron chi connectivity index (χ3n) is 9.54. The maximum Gasteiger partial charge on any atom is 0.309 e. The van der Waals surface area contributed by atoms with E-state index in [0.717, 1.165) is 38.5 Å². The fourth-order valence-electron chi connectivity index (χ4n) is 8.21. The zero-order chi connectivity index (χ0) is 23.4. The Kier molecular flexibility index (Phi) is 5.91. The Morgan fingerprint density at radius 3 is 2.25 bits per heavy atom. The van der Waals surface area contributed by atoms with Crippen LogP contribution in [0.25, 0.3) is 0 Å². The van der Waals surface area contributed by atoms with Crippen molar-refractivity contribution >= 4 is 23.7 Å². The predicted octanol–water partition coefficient (Wildman–Crippen LogP) is 3.47. The van der Waals surface area contributed by atoms with E-state index in [1.807, 2.05) is 6.92 Å². The first-order valence-corrected chi connectivity index (χ1v) is 12.0. The number of fused-ring (bicyclic) bond motifs is 5. The molecule has 0 bridgehead atoms. The number of rotatable bonds is 3. The maximum atomic E-state index is 14.1. The molecular weight excluding hydrogens is 412 g/mol. The molecule has 7 heteroatoms. The number of ketones is 1. The fraction of sp³-hybridized carbons (Fsp3) is 0.840. The molecule has 7 nitrogen and oxygen atoms in total. The lowest BCUT2D eigenvalue weighted by Crippen LogP contribution is -2.64. The van der Waals surface area contributed by atoms with E-state index in [1.165, 1.54) is 21.0 Å². The number of hydrogen-bond acceptors (Lipinski definition) is 7. The van der Waals surface area contributed by atoms with E-state index in [9.17, 15) is 19.2 Å². The molecule has 4 saturated carbocycles. The van der Waals surface area contributed by atoms with E-state index in [-0.39, 0.29) is 52.9 Å². The highest BCUT2D eigenvalue weighted by Gasteiger charge is 2.69. The predicted molar refractivity (Wildman–Crippen MR) is 114 cm³/mol.